The molecule has 4 rings (SSSR count). The highest BCUT2D eigenvalue weighted by atomic mass is 32.1. The number of fused-ring (bicyclic) bond motifs is 1. The van der Waals surface area contributed by atoms with Gasteiger partial charge in [0, 0.05) is 6.54 Å². The zero-order chi connectivity index (χ0) is 19.9. The number of para-hydroxylation sites is 1. The van der Waals surface area contributed by atoms with Crippen molar-refractivity contribution in [1.29, 1.82) is 0 Å². The molecular formula is C24H22N2O2S. The van der Waals surface area contributed by atoms with Gasteiger partial charge in [-0.1, -0.05) is 84.1 Å². The van der Waals surface area contributed by atoms with E-state index in [4.69, 9.17) is 4.74 Å². The molecule has 5 heteroatoms. The average molecular weight is 403 g/mol. The Morgan fingerprint density at radius 1 is 0.862 bits per heavy atom. The number of hydrogen-bond acceptors (Lipinski definition) is 4. The molecule has 0 aliphatic rings. The average Bonchev–Trinajstić information content (AvgIpc) is 3.19. The predicted octanol–water partition coefficient (Wildman–Crippen LogP) is 5.09. The van der Waals surface area contributed by atoms with Gasteiger partial charge in [-0.25, -0.2) is 4.98 Å². The molecule has 0 aliphatic heterocycles. The van der Waals surface area contributed by atoms with E-state index < -0.39 is 0 Å². The molecule has 1 aromatic heterocycles. The first kappa shape index (κ1) is 19.3. The number of amides is 1. The van der Waals surface area contributed by atoms with Crippen molar-refractivity contribution in [3.8, 4) is 0 Å². The van der Waals surface area contributed by atoms with Crippen LogP contribution in [0.2, 0.25) is 0 Å². The Balaban J connectivity index is 1.48. The zero-order valence-electron chi connectivity index (χ0n) is 16.0. The summed E-state index contributed by atoms with van der Waals surface area (Å²) in [5.41, 5.74) is 3.16. The van der Waals surface area contributed by atoms with Crippen molar-refractivity contribution < 1.29 is 9.53 Å². The van der Waals surface area contributed by atoms with Crippen LogP contribution in [0, 0.1) is 0 Å². The predicted molar refractivity (Wildman–Crippen MR) is 118 cm³/mol. The Hall–Kier alpha value is -3.02. The number of thiazole rings is 1. The van der Waals surface area contributed by atoms with Gasteiger partial charge in [0.25, 0.3) is 5.91 Å². The first-order valence-corrected chi connectivity index (χ1v) is 10.4. The summed E-state index contributed by atoms with van der Waals surface area (Å²) < 4.78 is 6.77. The van der Waals surface area contributed by atoms with Crippen LogP contribution in [0.25, 0.3) is 10.2 Å². The third kappa shape index (κ3) is 5.08. The lowest BCUT2D eigenvalue weighted by molar-refractivity contribution is -0.123. The van der Waals surface area contributed by atoms with Crippen LogP contribution < -0.4 is 4.90 Å². The molecule has 0 fully saturated rings. The molecule has 1 heterocycles. The summed E-state index contributed by atoms with van der Waals surface area (Å²) in [6.07, 6.45) is 0.765. The number of rotatable bonds is 8. The molecule has 1 amide bonds. The first-order chi connectivity index (χ1) is 14.3. The van der Waals surface area contributed by atoms with Crippen LogP contribution in [0.5, 0.6) is 0 Å². The third-order valence-electron chi connectivity index (χ3n) is 4.62. The lowest BCUT2D eigenvalue weighted by Crippen LogP contribution is -2.35. The van der Waals surface area contributed by atoms with E-state index in [9.17, 15) is 4.79 Å². The number of aromatic nitrogens is 1. The minimum atomic E-state index is -0.0732. The topological polar surface area (TPSA) is 42.4 Å². The van der Waals surface area contributed by atoms with Gasteiger partial charge >= 0.3 is 0 Å². The Kier molecular flexibility index (Phi) is 6.29. The van der Waals surface area contributed by atoms with Gasteiger partial charge < -0.3 is 4.74 Å². The largest absolute Gasteiger partial charge is 0.367 e. The Bertz CT molecular complexity index is 1030. The molecule has 0 spiro atoms. The van der Waals surface area contributed by atoms with E-state index in [1.54, 1.807) is 4.90 Å². The molecule has 146 valence electrons. The number of carbonyl (C=O) groups excluding carboxylic acids is 1. The lowest BCUT2D eigenvalue weighted by Gasteiger charge is -2.20. The van der Waals surface area contributed by atoms with Crippen LogP contribution in [0.15, 0.2) is 84.9 Å². The summed E-state index contributed by atoms with van der Waals surface area (Å²) in [4.78, 5) is 19.4. The molecule has 0 saturated carbocycles. The van der Waals surface area contributed by atoms with Gasteiger partial charge in [0.05, 0.1) is 16.8 Å². The fraction of sp³-hybridized carbons (Fsp3) is 0.167. The van der Waals surface area contributed by atoms with Crippen molar-refractivity contribution in [1.82, 2.24) is 4.98 Å². The first-order valence-electron chi connectivity index (χ1n) is 9.61. The molecule has 0 bridgehead atoms. The number of ether oxygens (including phenoxy) is 1. The summed E-state index contributed by atoms with van der Waals surface area (Å²) in [5.74, 6) is -0.0732. The van der Waals surface area contributed by atoms with Crippen LogP contribution in [0.3, 0.4) is 0 Å². The lowest BCUT2D eigenvalue weighted by atomic mass is 10.1. The van der Waals surface area contributed by atoms with Gasteiger partial charge in [-0.2, -0.15) is 0 Å². The van der Waals surface area contributed by atoms with E-state index in [-0.39, 0.29) is 12.5 Å². The smallest absolute Gasteiger partial charge is 0.254 e. The van der Waals surface area contributed by atoms with E-state index in [1.807, 2.05) is 72.8 Å². The fourth-order valence-electron chi connectivity index (χ4n) is 3.10. The third-order valence-corrected chi connectivity index (χ3v) is 5.68. The van der Waals surface area contributed by atoms with Crippen molar-refractivity contribution in [2.45, 2.75) is 13.0 Å². The molecule has 0 aliphatic carbocycles. The maximum atomic E-state index is 13.0. The standard InChI is InChI=1S/C24H22N2O2S/c27-23(18-28-17-20-11-5-2-6-12-20)26(16-15-19-9-3-1-4-10-19)24-25-21-13-7-8-14-22(21)29-24/h1-14H,15-18H2. The van der Waals surface area contributed by atoms with Gasteiger partial charge in [-0.15, -0.1) is 0 Å². The normalized spacial score (nSPS) is 10.9. The van der Waals surface area contributed by atoms with Gasteiger partial charge in [-0.3, -0.25) is 9.69 Å². The maximum absolute atomic E-state index is 13.0. The van der Waals surface area contributed by atoms with Crippen molar-refractivity contribution in [3.63, 3.8) is 0 Å². The molecular weight excluding hydrogens is 380 g/mol. The van der Waals surface area contributed by atoms with Gasteiger partial charge in [0.2, 0.25) is 0 Å². The number of nitrogens with zero attached hydrogens (tertiary/aromatic N) is 2. The SMILES string of the molecule is O=C(COCc1ccccc1)N(CCc1ccccc1)c1nc2ccccc2s1. The monoisotopic (exact) mass is 402 g/mol. The van der Waals surface area contributed by atoms with Crippen LogP contribution in [-0.4, -0.2) is 24.0 Å². The van der Waals surface area contributed by atoms with Crippen LogP contribution in [-0.2, 0) is 22.6 Å². The minimum absolute atomic E-state index is 0.0274. The summed E-state index contributed by atoms with van der Waals surface area (Å²) in [6.45, 7) is 1.01. The van der Waals surface area contributed by atoms with E-state index in [2.05, 4.69) is 17.1 Å². The highest BCUT2D eigenvalue weighted by Crippen LogP contribution is 2.29. The van der Waals surface area contributed by atoms with Crippen LogP contribution >= 0.6 is 11.3 Å². The maximum Gasteiger partial charge on any atom is 0.254 e. The second-order valence-corrected chi connectivity index (χ2v) is 7.73. The van der Waals surface area contributed by atoms with E-state index in [0.29, 0.717) is 13.2 Å². The highest BCUT2D eigenvalue weighted by Gasteiger charge is 2.20. The number of benzene rings is 3. The molecule has 29 heavy (non-hydrogen) atoms. The number of carbonyl (C=O) groups is 1. The second-order valence-electron chi connectivity index (χ2n) is 6.72. The minimum Gasteiger partial charge on any atom is -0.367 e. The Morgan fingerprint density at radius 3 is 2.24 bits per heavy atom. The van der Waals surface area contributed by atoms with Gasteiger partial charge in [0.1, 0.15) is 6.61 Å². The summed E-state index contributed by atoms with van der Waals surface area (Å²) in [6, 6.07) is 28.0. The van der Waals surface area contributed by atoms with Crippen molar-refractivity contribution in [3.05, 3.63) is 96.1 Å². The molecule has 0 atom stereocenters. The van der Waals surface area contributed by atoms with E-state index in [0.717, 1.165) is 27.3 Å². The second kappa shape index (κ2) is 9.45. The van der Waals surface area contributed by atoms with Crippen molar-refractivity contribution in [2.75, 3.05) is 18.1 Å². The van der Waals surface area contributed by atoms with Crippen molar-refractivity contribution >= 4 is 32.6 Å². The fourth-order valence-corrected chi connectivity index (χ4v) is 4.11. The van der Waals surface area contributed by atoms with E-state index in [1.165, 1.54) is 16.9 Å². The van der Waals surface area contributed by atoms with Gasteiger partial charge in [-0.05, 0) is 29.7 Å². The quantitative estimate of drug-likeness (QED) is 0.412. The molecule has 3 aromatic carbocycles. The van der Waals surface area contributed by atoms with E-state index >= 15 is 0 Å². The number of hydrogen-bond donors (Lipinski definition) is 0. The van der Waals surface area contributed by atoms with Crippen LogP contribution in [0.4, 0.5) is 5.13 Å². The zero-order valence-corrected chi connectivity index (χ0v) is 16.8. The molecule has 0 unspecified atom stereocenters. The molecule has 0 saturated heterocycles. The Morgan fingerprint density at radius 2 is 1.52 bits per heavy atom. The Labute approximate surface area is 174 Å². The number of anilines is 1. The van der Waals surface area contributed by atoms with Crippen molar-refractivity contribution in [2.24, 2.45) is 0 Å². The molecule has 4 aromatic rings. The van der Waals surface area contributed by atoms with Crippen LogP contribution in [0.1, 0.15) is 11.1 Å². The molecule has 4 nitrogen and oxygen atoms in total. The molecule has 0 radical (unpaired) electrons. The summed E-state index contributed by atoms with van der Waals surface area (Å²) in [7, 11) is 0. The molecule has 0 N–H and O–H groups in total. The summed E-state index contributed by atoms with van der Waals surface area (Å²) >= 11 is 1.54. The van der Waals surface area contributed by atoms with Gasteiger partial charge in [0.15, 0.2) is 5.13 Å². The summed E-state index contributed by atoms with van der Waals surface area (Å²) in [5, 5.41) is 0.718. The highest BCUT2D eigenvalue weighted by molar-refractivity contribution is 7.22.